The highest BCUT2D eigenvalue weighted by molar-refractivity contribution is 5.29. The number of hydrogen-bond acceptors (Lipinski definition) is 3. The van der Waals surface area contributed by atoms with Gasteiger partial charge < -0.3 is 15.4 Å². The Labute approximate surface area is 115 Å². The van der Waals surface area contributed by atoms with Crippen molar-refractivity contribution < 1.29 is 9.13 Å². The molecule has 0 aliphatic carbocycles. The molecule has 2 N–H and O–H groups in total. The molecule has 0 bridgehead atoms. The Bertz CT molecular complexity index is 384. The van der Waals surface area contributed by atoms with Gasteiger partial charge in [0, 0.05) is 6.54 Å². The van der Waals surface area contributed by atoms with E-state index in [1.54, 1.807) is 12.1 Å². The Kier molecular flexibility index (Phi) is 6.81. The third kappa shape index (κ3) is 5.57. The first-order valence-electron chi connectivity index (χ1n) is 6.77. The predicted molar refractivity (Wildman–Crippen MR) is 77.0 cm³/mol. The van der Waals surface area contributed by atoms with Crippen LogP contribution in [0.5, 0.6) is 5.75 Å². The van der Waals surface area contributed by atoms with Crippen LogP contribution in [-0.4, -0.2) is 38.7 Å². The Balaban J connectivity index is 2.37. The molecule has 0 amide bonds. The van der Waals surface area contributed by atoms with E-state index in [1.165, 1.54) is 7.11 Å². The maximum atomic E-state index is 13.5. The number of nitrogens with two attached hydrogens (primary N) is 1. The maximum Gasteiger partial charge on any atom is 0.165 e. The van der Waals surface area contributed by atoms with Crippen molar-refractivity contribution in [2.75, 3.05) is 33.8 Å². The smallest absolute Gasteiger partial charge is 0.165 e. The van der Waals surface area contributed by atoms with Gasteiger partial charge in [0.1, 0.15) is 0 Å². The van der Waals surface area contributed by atoms with Crippen LogP contribution in [0.15, 0.2) is 18.2 Å². The zero-order valence-electron chi connectivity index (χ0n) is 12.2. The van der Waals surface area contributed by atoms with Crippen molar-refractivity contribution in [2.24, 2.45) is 11.7 Å². The minimum absolute atomic E-state index is 0.292. The Morgan fingerprint density at radius 2 is 2.11 bits per heavy atom. The lowest BCUT2D eigenvalue weighted by Gasteiger charge is -2.18. The number of benzene rings is 1. The van der Waals surface area contributed by atoms with Crippen LogP contribution < -0.4 is 10.5 Å². The van der Waals surface area contributed by atoms with E-state index in [9.17, 15) is 4.39 Å². The number of halogens is 1. The number of methoxy groups -OCH3 is 1. The second kappa shape index (κ2) is 8.12. The van der Waals surface area contributed by atoms with Crippen LogP contribution in [0.2, 0.25) is 0 Å². The van der Waals surface area contributed by atoms with Gasteiger partial charge in [-0.05, 0) is 56.6 Å². The average molecular weight is 268 g/mol. The van der Waals surface area contributed by atoms with Crippen LogP contribution in [-0.2, 0) is 6.42 Å². The van der Waals surface area contributed by atoms with Crippen molar-refractivity contribution in [3.8, 4) is 5.75 Å². The first-order chi connectivity index (χ1) is 9.06. The van der Waals surface area contributed by atoms with E-state index in [0.717, 1.165) is 38.0 Å². The predicted octanol–water partition coefficient (Wildman–Crippen LogP) is 2.29. The molecule has 1 unspecified atom stereocenters. The number of likely N-dealkylation sites (N-methyl/N-ethyl adjacent to an activating group) is 1. The van der Waals surface area contributed by atoms with Crippen molar-refractivity contribution in [1.29, 1.82) is 0 Å². The monoisotopic (exact) mass is 268 g/mol. The standard InChI is InChI=1S/C15H25FN2O/c1-12(11-17)6-8-18(2)9-7-13-4-5-15(19-3)14(16)10-13/h4-5,10,12H,6-9,11,17H2,1-3H3. The van der Waals surface area contributed by atoms with Gasteiger partial charge in [-0.15, -0.1) is 0 Å². The number of rotatable bonds is 8. The lowest BCUT2D eigenvalue weighted by molar-refractivity contribution is 0.310. The molecule has 0 aromatic heterocycles. The topological polar surface area (TPSA) is 38.5 Å². The third-order valence-corrected chi connectivity index (χ3v) is 3.40. The van der Waals surface area contributed by atoms with Crippen LogP contribution >= 0.6 is 0 Å². The molecule has 0 aliphatic heterocycles. The summed E-state index contributed by atoms with van der Waals surface area (Å²) in [5, 5.41) is 0. The molecular weight excluding hydrogens is 243 g/mol. The van der Waals surface area contributed by atoms with Crippen molar-refractivity contribution in [3.05, 3.63) is 29.6 Å². The summed E-state index contributed by atoms with van der Waals surface area (Å²) in [7, 11) is 3.56. The van der Waals surface area contributed by atoms with E-state index in [2.05, 4.69) is 18.9 Å². The van der Waals surface area contributed by atoms with Crippen LogP contribution in [0.4, 0.5) is 4.39 Å². The largest absolute Gasteiger partial charge is 0.494 e. The van der Waals surface area contributed by atoms with Gasteiger partial charge in [0.25, 0.3) is 0 Å². The molecule has 108 valence electrons. The Morgan fingerprint density at radius 3 is 2.68 bits per heavy atom. The van der Waals surface area contributed by atoms with Crippen LogP contribution in [0.1, 0.15) is 18.9 Å². The van der Waals surface area contributed by atoms with E-state index in [4.69, 9.17) is 10.5 Å². The summed E-state index contributed by atoms with van der Waals surface area (Å²) in [6, 6.07) is 5.15. The average Bonchev–Trinajstić information content (AvgIpc) is 2.42. The molecule has 1 rings (SSSR count). The normalized spacial score (nSPS) is 12.7. The molecule has 0 saturated heterocycles. The van der Waals surface area contributed by atoms with Crippen LogP contribution in [0.3, 0.4) is 0 Å². The Hall–Kier alpha value is -1.13. The van der Waals surface area contributed by atoms with Gasteiger partial charge in [0.15, 0.2) is 11.6 Å². The van der Waals surface area contributed by atoms with Gasteiger partial charge in [-0.25, -0.2) is 4.39 Å². The molecule has 19 heavy (non-hydrogen) atoms. The van der Waals surface area contributed by atoms with Crippen molar-refractivity contribution in [3.63, 3.8) is 0 Å². The fraction of sp³-hybridized carbons (Fsp3) is 0.600. The molecule has 0 saturated carbocycles. The lowest BCUT2D eigenvalue weighted by Crippen LogP contribution is -2.25. The van der Waals surface area contributed by atoms with Crippen molar-refractivity contribution >= 4 is 0 Å². The highest BCUT2D eigenvalue weighted by atomic mass is 19.1. The van der Waals surface area contributed by atoms with Crippen molar-refractivity contribution in [2.45, 2.75) is 19.8 Å². The molecule has 4 heteroatoms. The van der Waals surface area contributed by atoms with Gasteiger partial charge in [0.2, 0.25) is 0 Å². The molecule has 0 fully saturated rings. The highest BCUT2D eigenvalue weighted by Crippen LogP contribution is 2.18. The molecule has 1 aromatic rings. The summed E-state index contributed by atoms with van der Waals surface area (Å²) >= 11 is 0. The first-order valence-corrected chi connectivity index (χ1v) is 6.77. The molecule has 1 atom stereocenters. The molecule has 0 heterocycles. The minimum Gasteiger partial charge on any atom is -0.494 e. The summed E-state index contributed by atoms with van der Waals surface area (Å²) in [5.74, 6) is 0.564. The quantitative estimate of drug-likeness (QED) is 0.786. The van der Waals surface area contributed by atoms with Crippen LogP contribution in [0, 0.1) is 11.7 Å². The van der Waals surface area contributed by atoms with Gasteiger partial charge in [-0.3, -0.25) is 0 Å². The zero-order chi connectivity index (χ0) is 14.3. The van der Waals surface area contributed by atoms with Gasteiger partial charge in [-0.2, -0.15) is 0 Å². The fourth-order valence-corrected chi connectivity index (χ4v) is 1.86. The second-order valence-electron chi connectivity index (χ2n) is 5.15. The van der Waals surface area contributed by atoms with Gasteiger partial charge in [0.05, 0.1) is 7.11 Å². The third-order valence-electron chi connectivity index (χ3n) is 3.40. The highest BCUT2D eigenvalue weighted by Gasteiger charge is 2.06. The minimum atomic E-state index is -0.292. The number of ether oxygens (including phenoxy) is 1. The van der Waals surface area contributed by atoms with E-state index < -0.39 is 0 Å². The molecule has 1 aromatic carbocycles. The lowest BCUT2D eigenvalue weighted by atomic mass is 10.1. The Morgan fingerprint density at radius 1 is 1.37 bits per heavy atom. The van der Waals surface area contributed by atoms with Crippen molar-refractivity contribution in [1.82, 2.24) is 4.90 Å². The maximum absolute atomic E-state index is 13.5. The van der Waals surface area contributed by atoms with E-state index in [-0.39, 0.29) is 5.82 Å². The molecule has 0 spiro atoms. The fourth-order valence-electron chi connectivity index (χ4n) is 1.86. The summed E-state index contributed by atoms with van der Waals surface area (Å²) in [4.78, 5) is 2.26. The number of nitrogens with zero attached hydrogens (tertiary/aromatic N) is 1. The summed E-state index contributed by atoms with van der Waals surface area (Å²) in [6.45, 7) is 4.84. The first kappa shape index (κ1) is 15.9. The second-order valence-corrected chi connectivity index (χ2v) is 5.15. The SMILES string of the molecule is COc1ccc(CCN(C)CCC(C)CN)cc1F. The summed E-state index contributed by atoms with van der Waals surface area (Å²) in [6.07, 6.45) is 1.94. The van der Waals surface area contributed by atoms with Gasteiger partial charge >= 0.3 is 0 Å². The molecule has 0 aliphatic rings. The zero-order valence-corrected chi connectivity index (χ0v) is 12.2. The van der Waals surface area contributed by atoms with E-state index >= 15 is 0 Å². The van der Waals surface area contributed by atoms with Gasteiger partial charge in [-0.1, -0.05) is 13.0 Å². The summed E-state index contributed by atoms with van der Waals surface area (Å²) in [5.41, 5.74) is 6.59. The molecule has 0 radical (unpaired) electrons. The van der Waals surface area contributed by atoms with Crippen LogP contribution in [0.25, 0.3) is 0 Å². The molecule has 3 nitrogen and oxygen atoms in total. The molecular formula is C15H25FN2O. The number of hydrogen-bond donors (Lipinski definition) is 1. The van der Waals surface area contributed by atoms with E-state index in [1.807, 2.05) is 6.07 Å². The summed E-state index contributed by atoms with van der Waals surface area (Å²) < 4.78 is 18.4. The van der Waals surface area contributed by atoms with E-state index in [0.29, 0.717) is 11.7 Å².